The largest absolute Gasteiger partial charge is 0.484 e. The van der Waals surface area contributed by atoms with E-state index in [0.717, 1.165) is 34.7 Å². The van der Waals surface area contributed by atoms with Crippen molar-refractivity contribution in [3.8, 4) is 17.4 Å². The third-order valence-corrected chi connectivity index (χ3v) is 9.89. The van der Waals surface area contributed by atoms with Gasteiger partial charge in [-0.3, -0.25) is 14.4 Å². The molecular weight excluding hydrogens is 702 g/mol. The molecule has 1 N–H and O–H groups in total. The van der Waals surface area contributed by atoms with Crippen LogP contribution < -0.4 is 14.2 Å². The SMILES string of the molecule is Cn1c(C(=O)N2CCN(Cc3ccc(OCC(F)(F)F)cc3)CC2)cc2ccc(Oc3ccc(NS(=O)(=O)c4ccc(F)cc4Cl)cn3)cc21. The van der Waals surface area contributed by atoms with E-state index in [2.05, 4.69) is 14.6 Å². The molecule has 5 aromatic rings. The molecule has 0 radical (unpaired) electrons. The fraction of sp³-hybridized carbons (Fsp3) is 0.235. The zero-order valence-corrected chi connectivity index (χ0v) is 28.0. The molecule has 0 atom stereocenters. The number of halogens is 5. The van der Waals surface area contributed by atoms with E-state index < -0.39 is 28.6 Å². The van der Waals surface area contributed by atoms with Crippen molar-refractivity contribution >= 4 is 44.1 Å². The molecule has 0 unspecified atom stereocenters. The van der Waals surface area contributed by atoms with Crippen molar-refractivity contribution in [2.24, 2.45) is 7.05 Å². The summed E-state index contributed by atoms with van der Waals surface area (Å²) in [6.07, 6.45) is -3.12. The van der Waals surface area contributed by atoms with Gasteiger partial charge >= 0.3 is 6.18 Å². The molecule has 0 bridgehead atoms. The zero-order chi connectivity index (χ0) is 35.6. The number of hydrogen-bond acceptors (Lipinski definition) is 7. The molecule has 10 nitrogen and oxygen atoms in total. The molecule has 2 aromatic heterocycles. The van der Waals surface area contributed by atoms with Gasteiger partial charge in [0.05, 0.1) is 22.4 Å². The van der Waals surface area contributed by atoms with Crippen molar-refractivity contribution < 1.29 is 40.2 Å². The van der Waals surface area contributed by atoms with Gasteiger partial charge in [0, 0.05) is 57.3 Å². The van der Waals surface area contributed by atoms with Crippen LogP contribution in [0.2, 0.25) is 5.02 Å². The predicted octanol–water partition coefficient (Wildman–Crippen LogP) is 6.86. The molecule has 3 aromatic carbocycles. The van der Waals surface area contributed by atoms with Crippen LogP contribution in [0.15, 0.2) is 90.0 Å². The van der Waals surface area contributed by atoms with Gasteiger partial charge in [-0.25, -0.2) is 17.8 Å². The van der Waals surface area contributed by atoms with Gasteiger partial charge in [-0.15, -0.1) is 0 Å². The summed E-state index contributed by atoms with van der Waals surface area (Å²) in [6.45, 7) is 1.54. The van der Waals surface area contributed by atoms with Crippen LogP contribution in [0.25, 0.3) is 10.9 Å². The van der Waals surface area contributed by atoms with E-state index in [4.69, 9.17) is 21.1 Å². The molecule has 262 valence electrons. The number of carbonyl (C=O) groups is 1. The summed E-state index contributed by atoms with van der Waals surface area (Å²) in [4.78, 5) is 21.4. The van der Waals surface area contributed by atoms with E-state index in [1.54, 1.807) is 40.8 Å². The van der Waals surface area contributed by atoms with Crippen molar-refractivity contribution in [1.82, 2.24) is 19.4 Å². The Morgan fingerprint density at radius 2 is 1.66 bits per heavy atom. The Morgan fingerprint density at radius 1 is 0.940 bits per heavy atom. The Hall–Kier alpha value is -4.86. The highest BCUT2D eigenvalue weighted by Crippen LogP contribution is 2.29. The molecule has 1 aliphatic heterocycles. The van der Waals surface area contributed by atoms with Gasteiger partial charge in [-0.1, -0.05) is 23.7 Å². The number of benzene rings is 3. The lowest BCUT2D eigenvalue weighted by Crippen LogP contribution is -2.48. The number of aryl methyl sites for hydroxylation is 1. The molecule has 0 aliphatic carbocycles. The van der Waals surface area contributed by atoms with Crippen LogP contribution in [0.1, 0.15) is 16.1 Å². The van der Waals surface area contributed by atoms with Gasteiger partial charge in [0.15, 0.2) is 6.61 Å². The fourth-order valence-corrected chi connectivity index (χ4v) is 7.06. The minimum atomic E-state index is -4.40. The van der Waals surface area contributed by atoms with Crippen LogP contribution in [0.3, 0.4) is 0 Å². The maximum Gasteiger partial charge on any atom is 0.422 e. The number of anilines is 1. The number of rotatable bonds is 10. The monoisotopic (exact) mass is 731 g/mol. The number of fused-ring (bicyclic) bond motifs is 1. The van der Waals surface area contributed by atoms with Crippen molar-refractivity contribution in [1.29, 1.82) is 0 Å². The first-order chi connectivity index (χ1) is 23.7. The van der Waals surface area contributed by atoms with E-state index in [0.29, 0.717) is 44.2 Å². The van der Waals surface area contributed by atoms with Crippen LogP contribution in [0.5, 0.6) is 17.4 Å². The number of pyridine rings is 1. The lowest BCUT2D eigenvalue weighted by molar-refractivity contribution is -0.153. The summed E-state index contributed by atoms with van der Waals surface area (Å²) in [5, 5.41) is 0.580. The number of amides is 1. The fourth-order valence-electron chi connectivity index (χ4n) is 5.49. The number of carbonyl (C=O) groups excluding carboxylic acids is 1. The highest BCUT2D eigenvalue weighted by atomic mass is 35.5. The average molecular weight is 732 g/mol. The number of alkyl halides is 3. The molecule has 1 saturated heterocycles. The maximum atomic E-state index is 13.5. The highest BCUT2D eigenvalue weighted by molar-refractivity contribution is 7.92. The van der Waals surface area contributed by atoms with Gasteiger partial charge < -0.3 is 18.9 Å². The quantitative estimate of drug-likeness (QED) is 0.157. The lowest BCUT2D eigenvalue weighted by Gasteiger charge is -2.34. The standard InChI is InChI=1S/C34H30ClF4N5O5S/c1-42-29-18-27(49-32-11-6-25(19-40-32)41-50(46,47)31-10-5-24(36)17-28(31)35)9-4-23(29)16-30(42)33(45)44-14-12-43(13-15-44)20-22-2-7-26(8-3-22)48-21-34(37,38)39/h2-11,16-19,41H,12-15,20-21H2,1H3. The maximum absolute atomic E-state index is 13.5. The minimum absolute atomic E-state index is 0.112. The second kappa shape index (κ2) is 14.2. The topological polar surface area (TPSA) is 106 Å². The number of piperazine rings is 1. The first kappa shape index (κ1) is 35.0. The van der Waals surface area contributed by atoms with E-state index in [9.17, 15) is 30.8 Å². The van der Waals surface area contributed by atoms with Crippen molar-refractivity contribution in [2.75, 3.05) is 37.5 Å². The number of ether oxygens (including phenoxy) is 2. The third kappa shape index (κ3) is 8.29. The summed E-state index contributed by atoms with van der Waals surface area (Å²) in [7, 11) is -2.30. The summed E-state index contributed by atoms with van der Waals surface area (Å²) < 4.78 is 90.8. The smallest absolute Gasteiger partial charge is 0.422 e. The molecule has 0 spiro atoms. The summed E-state index contributed by atoms with van der Waals surface area (Å²) in [5.41, 5.74) is 2.34. The third-order valence-electron chi connectivity index (χ3n) is 8.02. The van der Waals surface area contributed by atoms with Gasteiger partial charge in [0.25, 0.3) is 15.9 Å². The Labute approximate surface area is 289 Å². The lowest BCUT2D eigenvalue weighted by atomic mass is 10.2. The number of nitrogens with zero attached hydrogens (tertiary/aromatic N) is 4. The Bertz CT molecular complexity index is 2120. The number of sulfonamides is 1. The number of nitrogens with one attached hydrogen (secondary N) is 1. The van der Waals surface area contributed by atoms with Crippen molar-refractivity contribution in [3.05, 3.63) is 107 Å². The van der Waals surface area contributed by atoms with Gasteiger partial charge in [-0.05, 0) is 60.2 Å². The van der Waals surface area contributed by atoms with Gasteiger partial charge in [-0.2, -0.15) is 13.2 Å². The highest BCUT2D eigenvalue weighted by Gasteiger charge is 2.28. The number of aromatic nitrogens is 2. The molecule has 1 fully saturated rings. The van der Waals surface area contributed by atoms with E-state index >= 15 is 0 Å². The summed E-state index contributed by atoms with van der Waals surface area (Å²) in [6, 6.07) is 19.6. The summed E-state index contributed by atoms with van der Waals surface area (Å²) >= 11 is 5.91. The molecule has 0 saturated carbocycles. The van der Waals surface area contributed by atoms with E-state index in [1.165, 1.54) is 30.5 Å². The van der Waals surface area contributed by atoms with Crippen LogP contribution in [0, 0.1) is 5.82 Å². The molecular formula is C34H30ClF4N5O5S. The molecule has 1 amide bonds. The van der Waals surface area contributed by atoms with Crippen molar-refractivity contribution in [3.63, 3.8) is 0 Å². The first-order valence-corrected chi connectivity index (χ1v) is 17.1. The molecule has 16 heteroatoms. The zero-order valence-electron chi connectivity index (χ0n) is 26.5. The Kier molecular flexibility index (Phi) is 9.91. The van der Waals surface area contributed by atoms with Crippen LogP contribution in [-0.2, 0) is 23.6 Å². The second-order valence-electron chi connectivity index (χ2n) is 11.6. The molecule has 1 aliphatic rings. The Morgan fingerprint density at radius 3 is 2.32 bits per heavy atom. The molecule has 50 heavy (non-hydrogen) atoms. The van der Waals surface area contributed by atoms with Crippen LogP contribution >= 0.6 is 11.6 Å². The van der Waals surface area contributed by atoms with Crippen molar-refractivity contribution in [2.45, 2.75) is 17.6 Å². The van der Waals surface area contributed by atoms with Crippen LogP contribution in [0.4, 0.5) is 23.2 Å². The van der Waals surface area contributed by atoms with Gasteiger partial charge in [0.1, 0.15) is 27.9 Å². The van der Waals surface area contributed by atoms with E-state index in [1.807, 2.05) is 12.1 Å². The normalized spacial score (nSPS) is 14.2. The molecule has 6 rings (SSSR count). The minimum Gasteiger partial charge on any atom is -0.484 e. The van der Waals surface area contributed by atoms with E-state index in [-0.39, 0.29) is 33.1 Å². The average Bonchev–Trinajstić information content (AvgIpc) is 3.40. The molecule has 3 heterocycles. The predicted molar refractivity (Wildman–Crippen MR) is 179 cm³/mol. The first-order valence-electron chi connectivity index (χ1n) is 15.3. The van der Waals surface area contributed by atoms with Crippen LogP contribution in [-0.4, -0.2) is 72.6 Å². The van der Waals surface area contributed by atoms with Gasteiger partial charge in [0.2, 0.25) is 5.88 Å². The Balaban J connectivity index is 1.04. The second-order valence-corrected chi connectivity index (χ2v) is 13.7. The summed E-state index contributed by atoms with van der Waals surface area (Å²) in [5.74, 6) is 0.0257. The number of hydrogen-bond donors (Lipinski definition) is 1.